The number of anilines is 1. The van der Waals surface area contributed by atoms with E-state index in [1.165, 1.54) is 11.6 Å². The van der Waals surface area contributed by atoms with Gasteiger partial charge in [0.1, 0.15) is 6.04 Å². The van der Waals surface area contributed by atoms with Crippen molar-refractivity contribution in [1.29, 1.82) is 0 Å². The van der Waals surface area contributed by atoms with Crippen LogP contribution < -0.4 is 10.9 Å². The van der Waals surface area contributed by atoms with Gasteiger partial charge in [0.05, 0.1) is 5.69 Å². The summed E-state index contributed by atoms with van der Waals surface area (Å²) in [6.07, 6.45) is 3.96. The standard InChI is InChI=1S/C26H27N3O3/c1-3-23(25(31)27-20-15-13-18(14-16-20)17(2)30)29-26(32)22-12-8-7-11-21(22)24(28-29)19-9-5-4-6-10-19/h4-6,9-10,13-16,23H,3,7-8,11-12H2,1-2H3,(H,27,31)/t23-/m1/s1. The molecular formula is C26H27N3O3. The van der Waals surface area contributed by atoms with Gasteiger partial charge in [-0.1, -0.05) is 37.3 Å². The zero-order valence-electron chi connectivity index (χ0n) is 18.4. The average molecular weight is 430 g/mol. The summed E-state index contributed by atoms with van der Waals surface area (Å²) in [5, 5.41) is 7.60. The van der Waals surface area contributed by atoms with E-state index >= 15 is 0 Å². The van der Waals surface area contributed by atoms with E-state index in [4.69, 9.17) is 5.10 Å². The lowest BCUT2D eigenvalue weighted by Crippen LogP contribution is -2.38. The first-order valence-electron chi connectivity index (χ1n) is 11.1. The van der Waals surface area contributed by atoms with Crippen LogP contribution in [0.5, 0.6) is 0 Å². The molecule has 0 saturated heterocycles. The van der Waals surface area contributed by atoms with Crippen molar-refractivity contribution < 1.29 is 9.59 Å². The number of fused-ring (bicyclic) bond motifs is 1. The number of carbonyl (C=O) groups excluding carboxylic acids is 2. The van der Waals surface area contributed by atoms with Gasteiger partial charge in [0, 0.05) is 22.4 Å². The molecule has 0 spiro atoms. The normalized spacial score (nSPS) is 13.8. The predicted molar refractivity (Wildman–Crippen MR) is 125 cm³/mol. The minimum absolute atomic E-state index is 0.0347. The van der Waals surface area contributed by atoms with Crippen molar-refractivity contribution in [1.82, 2.24) is 9.78 Å². The van der Waals surface area contributed by atoms with E-state index in [2.05, 4.69) is 5.32 Å². The highest BCUT2D eigenvalue weighted by molar-refractivity contribution is 5.96. The fraction of sp³-hybridized carbons (Fsp3) is 0.308. The Morgan fingerprint density at radius 3 is 2.28 bits per heavy atom. The van der Waals surface area contributed by atoms with Gasteiger partial charge in [0.15, 0.2) is 5.78 Å². The number of amides is 1. The number of ketones is 1. The van der Waals surface area contributed by atoms with Crippen LogP contribution in [-0.2, 0) is 17.6 Å². The molecule has 0 bridgehead atoms. The maximum absolute atomic E-state index is 13.4. The van der Waals surface area contributed by atoms with Gasteiger partial charge >= 0.3 is 0 Å². The first kappa shape index (κ1) is 21.7. The van der Waals surface area contributed by atoms with Crippen molar-refractivity contribution in [3.05, 3.63) is 81.6 Å². The molecule has 0 aliphatic heterocycles. The summed E-state index contributed by atoms with van der Waals surface area (Å²) in [7, 11) is 0. The third-order valence-corrected chi connectivity index (χ3v) is 6.02. The molecule has 0 saturated carbocycles. The van der Waals surface area contributed by atoms with Crippen LogP contribution in [0.1, 0.15) is 60.6 Å². The van der Waals surface area contributed by atoms with E-state index in [0.717, 1.165) is 41.6 Å². The van der Waals surface area contributed by atoms with Crippen LogP contribution in [0.3, 0.4) is 0 Å². The second-order valence-electron chi connectivity index (χ2n) is 8.18. The van der Waals surface area contributed by atoms with Gasteiger partial charge in [-0.15, -0.1) is 0 Å². The molecule has 3 aromatic rings. The molecule has 0 fully saturated rings. The largest absolute Gasteiger partial charge is 0.324 e. The Morgan fingerprint density at radius 1 is 1.00 bits per heavy atom. The van der Waals surface area contributed by atoms with E-state index in [-0.39, 0.29) is 17.2 Å². The molecule has 32 heavy (non-hydrogen) atoms. The van der Waals surface area contributed by atoms with E-state index < -0.39 is 6.04 Å². The van der Waals surface area contributed by atoms with Gasteiger partial charge in [-0.2, -0.15) is 5.10 Å². The second-order valence-corrected chi connectivity index (χ2v) is 8.18. The summed E-state index contributed by atoms with van der Waals surface area (Å²) in [5.74, 6) is -0.333. The van der Waals surface area contributed by atoms with Crippen molar-refractivity contribution in [2.24, 2.45) is 0 Å². The molecular weight excluding hydrogens is 402 g/mol. The van der Waals surface area contributed by atoms with Gasteiger partial charge < -0.3 is 5.32 Å². The minimum Gasteiger partial charge on any atom is -0.324 e. The van der Waals surface area contributed by atoms with Crippen molar-refractivity contribution in [2.45, 2.75) is 52.0 Å². The van der Waals surface area contributed by atoms with Gasteiger partial charge in [-0.25, -0.2) is 4.68 Å². The van der Waals surface area contributed by atoms with E-state index in [1.54, 1.807) is 24.3 Å². The Bertz CT molecular complexity index is 1200. The Hall–Kier alpha value is -3.54. The number of rotatable bonds is 6. The summed E-state index contributed by atoms with van der Waals surface area (Å²) in [6, 6.07) is 15.8. The third kappa shape index (κ3) is 4.26. The van der Waals surface area contributed by atoms with Crippen LogP contribution in [0.4, 0.5) is 5.69 Å². The van der Waals surface area contributed by atoms with Crippen LogP contribution in [0.25, 0.3) is 11.3 Å². The fourth-order valence-electron chi connectivity index (χ4n) is 4.28. The SMILES string of the molecule is CC[C@H](C(=O)Nc1ccc(C(C)=O)cc1)n1nc(-c2ccccc2)c2c(c1=O)CCCC2. The maximum Gasteiger partial charge on any atom is 0.271 e. The molecule has 4 rings (SSSR count). The third-order valence-electron chi connectivity index (χ3n) is 6.02. The van der Waals surface area contributed by atoms with Crippen LogP contribution in [0.2, 0.25) is 0 Å². The minimum atomic E-state index is -0.732. The molecule has 6 nitrogen and oxygen atoms in total. The van der Waals surface area contributed by atoms with Crippen LogP contribution in [-0.4, -0.2) is 21.5 Å². The van der Waals surface area contributed by atoms with Gasteiger partial charge in [0.25, 0.3) is 5.56 Å². The smallest absolute Gasteiger partial charge is 0.271 e. The summed E-state index contributed by atoms with van der Waals surface area (Å²) in [6.45, 7) is 3.37. The molecule has 1 N–H and O–H groups in total. The molecule has 1 aliphatic carbocycles. The van der Waals surface area contributed by atoms with Crippen LogP contribution >= 0.6 is 0 Å². The first-order valence-corrected chi connectivity index (χ1v) is 11.1. The Morgan fingerprint density at radius 2 is 1.66 bits per heavy atom. The number of benzene rings is 2. The highest BCUT2D eigenvalue weighted by Crippen LogP contribution is 2.29. The molecule has 1 heterocycles. The molecule has 0 radical (unpaired) electrons. The summed E-state index contributed by atoms with van der Waals surface area (Å²) in [5.41, 5.74) is 4.52. The summed E-state index contributed by atoms with van der Waals surface area (Å²) >= 11 is 0. The van der Waals surface area contributed by atoms with E-state index in [1.807, 2.05) is 37.3 Å². The number of hydrogen-bond acceptors (Lipinski definition) is 4. The van der Waals surface area contributed by atoms with E-state index in [9.17, 15) is 14.4 Å². The van der Waals surface area contributed by atoms with Crippen molar-refractivity contribution >= 4 is 17.4 Å². The number of aromatic nitrogens is 2. The lowest BCUT2D eigenvalue weighted by atomic mass is 9.89. The van der Waals surface area contributed by atoms with Crippen LogP contribution in [0.15, 0.2) is 59.4 Å². The van der Waals surface area contributed by atoms with Crippen molar-refractivity contribution in [3.63, 3.8) is 0 Å². The highest BCUT2D eigenvalue weighted by Gasteiger charge is 2.27. The number of hydrogen-bond donors (Lipinski definition) is 1. The zero-order valence-corrected chi connectivity index (χ0v) is 18.4. The Labute approximate surface area is 187 Å². The molecule has 1 aromatic heterocycles. The molecule has 0 unspecified atom stereocenters. The lowest BCUT2D eigenvalue weighted by molar-refractivity contribution is -0.119. The lowest BCUT2D eigenvalue weighted by Gasteiger charge is -2.23. The number of Topliss-reactive ketones (excluding diaryl/α,β-unsaturated/α-hetero) is 1. The number of nitrogens with one attached hydrogen (secondary N) is 1. The Balaban J connectivity index is 1.72. The monoisotopic (exact) mass is 429 g/mol. The molecule has 164 valence electrons. The van der Waals surface area contributed by atoms with Gasteiger partial charge in [0.2, 0.25) is 5.91 Å². The maximum atomic E-state index is 13.4. The predicted octanol–water partition coefficient (Wildman–Crippen LogP) is 4.58. The highest BCUT2D eigenvalue weighted by atomic mass is 16.2. The van der Waals surface area contributed by atoms with E-state index in [0.29, 0.717) is 24.1 Å². The van der Waals surface area contributed by atoms with Gasteiger partial charge in [-0.05, 0) is 68.9 Å². The molecule has 6 heteroatoms. The molecule has 1 aliphatic rings. The summed E-state index contributed by atoms with van der Waals surface area (Å²) in [4.78, 5) is 38.0. The average Bonchev–Trinajstić information content (AvgIpc) is 2.82. The molecule has 2 aromatic carbocycles. The van der Waals surface area contributed by atoms with Crippen molar-refractivity contribution in [2.75, 3.05) is 5.32 Å². The molecule has 1 atom stereocenters. The fourth-order valence-corrected chi connectivity index (χ4v) is 4.28. The number of carbonyl (C=O) groups is 2. The Kier molecular flexibility index (Phi) is 6.30. The number of nitrogens with zero attached hydrogens (tertiary/aromatic N) is 2. The first-order chi connectivity index (χ1) is 15.5. The van der Waals surface area contributed by atoms with Crippen LogP contribution in [0, 0.1) is 0 Å². The quantitative estimate of drug-likeness (QED) is 0.582. The molecule has 1 amide bonds. The zero-order chi connectivity index (χ0) is 22.7. The van der Waals surface area contributed by atoms with Gasteiger partial charge in [-0.3, -0.25) is 14.4 Å². The van der Waals surface area contributed by atoms with Crippen molar-refractivity contribution in [3.8, 4) is 11.3 Å². The topological polar surface area (TPSA) is 81.1 Å². The summed E-state index contributed by atoms with van der Waals surface area (Å²) < 4.78 is 1.37. The second kappa shape index (κ2) is 9.30.